The number of carboxylic acids is 1. The average Bonchev–Trinajstić information content (AvgIpc) is 3.10. The molecule has 0 amide bonds. The molecule has 0 unspecified atom stereocenters. The molecule has 242 valence electrons. The van der Waals surface area contributed by atoms with Gasteiger partial charge >= 0.3 is 5.97 Å². The van der Waals surface area contributed by atoms with Gasteiger partial charge in [-0.25, -0.2) is 4.79 Å². The summed E-state index contributed by atoms with van der Waals surface area (Å²) in [5, 5.41) is 28.2. The lowest BCUT2D eigenvalue weighted by Crippen LogP contribution is -2.07. The zero-order valence-electron chi connectivity index (χ0n) is 26.6. The van der Waals surface area contributed by atoms with Crippen LogP contribution in [0.1, 0.15) is 43.7 Å². The maximum Gasteiger partial charge on any atom is 0.339 e. The Morgan fingerprint density at radius 2 is 1.33 bits per heavy atom. The van der Waals surface area contributed by atoms with Gasteiger partial charge in [0.2, 0.25) is 0 Å². The summed E-state index contributed by atoms with van der Waals surface area (Å²) in [6.45, 7) is 4.48. The minimum atomic E-state index is -1.15. The number of benzene rings is 4. The number of aryl methyl sites for hydroxylation is 2. The molecule has 0 saturated heterocycles. The summed E-state index contributed by atoms with van der Waals surface area (Å²) >= 11 is 3.38. The molecular weight excluding hydrogens is 674 g/mol. The van der Waals surface area contributed by atoms with Crippen molar-refractivity contribution in [1.29, 1.82) is 10.5 Å². The Hall–Kier alpha value is -5.68. The van der Waals surface area contributed by atoms with Crippen LogP contribution in [0.5, 0.6) is 17.2 Å². The van der Waals surface area contributed by atoms with E-state index in [0.717, 1.165) is 26.7 Å². The molecule has 48 heavy (non-hydrogen) atoms. The van der Waals surface area contributed by atoms with E-state index >= 15 is 0 Å². The molecule has 9 nitrogen and oxygen atoms in total. The lowest BCUT2D eigenvalue weighted by molar-refractivity contribution is 0.0481. The van der Waals surface area contributed by atoms with Crippen LogP contribution in [0.4, 0.5) is 0 Å². The maximum absolute atomic E-state index is 11.6. The SMILES string of the molecule is COCOc1cnc(-c2cc(C)c(OCc3ccccc3)c(C#N)c2)cc1C(=O)O.Cc1cc(Br)cc(C#N)c1OCc1ccccc1. The number of ether oxygens (including phenoxy) is 4. The largest absolute Gasteiger partial charge is 0.487 e. The van der Waals surface area contributed by atoms with Gasteiger partial charge in [0.05, 0.1) is 23.0 Å². The Morgan fingerprint density at radius 3 is 1.85 bits per heavy atom. The highest BCUT2D eigenvalue weighted by molar-refractivity contribution is 9.10. The summed E-state index contributed by atoms with van der Waals surface area (Å²) in [7, 11) is 1.44. The molecule has 0 saturated carbocycles. The molecule has 4 aromatic carbocycles. The minimum Gasteiger partial charge on any atom is -0.487 e. The number of hydrogen-bond acceptors (Lipinski definition) is 8. The van der Waals surface area contributed by atoms with Gasteiger partial charge in [-0.3, -0.25) is 4.98 Å². The molecule has 0 radical (unpaired) electrons. The quantitative estimate of drug-likeness (QED) is 0.134. The van der Waals surface area contributed by atoms with Gasteiger partial charge in [-0.15, -0.1) is 0 Å². The van der Waals surface area contributed by atoms with E-state index in [9.17, 15) is 15.2 Å². The molecule has 0 bridgehead atoms. The summed E-state index contributed by atoms with van der Waals surface area (Å²) in [6, 6.07) is 32.4. The van der Waals surface area contributed by atoms with Crippen LogP contribution in [0.3, 0.4) is 0 Å². The van der Waals surface area contributed by atoms with Crippen LogP contribution in [-0.4, -0.2) is 30.0 Å². The molecule has 1 heterocycles. The Balaban J connectivity index is 0.000000246. The summed E-state index contributed by atoms with van der Waals surface area (Å²) in [5.41, 5.74) is 5.65. The number of nitriles is 2. The highest BCUT2D eigenvalue weighted by Crippen LogP contribution is 2.32. The fraction of sp³-hybridized carbons (Fsp3) is 0.158. The molecule has 0 atom stereocenters. The molecule has 1 N–H and O–H groups in total. The zero-order chi connectivity index (χ0) is 34.5. The highest BCUT2D eigenvalue weighted by Gasteiger charge is 2.17. The third-order valence-electron chi connectivity index (χ3n) is 6.93. The summed E-state index contributed by atoms with van der Waals surface area (Å²) in [6.07, 6.45) is 1.33. The van der Waals surface area contributed by atoms with Crippen molar-refractivity contribution in [3.05, 3.63) is 141 Å². The van der Waals surface area contributed by atoms with E-state index in [4.69, 9.17) is 24.2 Å². The minimum absolute atomic E-state index is 0.0439. The fourth-order valence-corrected chi connectivity index (χ4v) is 5.24. The van der Waals surface area contributed by atoms with Crippen LogP contribution >= 0.6 is 15.9 Å². The predicted octanol–water partition coefficient (Wildman–Crippen LogP) is 8.40. The van der Waals surface area contributed by atoms with Crippen molar-refractivity contribution in [3.8, 4) is 40.6 Å². The van der Waals surface area contributed by atoms with Gasteiger partial charge in [0.15, 0.2) is 12.5 Å². The van der Waals surface area contributed by atoms with E-state index in [-0.39, 0.29) is 18.1 Å². The van der Waals surface area contributed by atoms with Crippen molar-refractivity contribution in [2.45, 2.75) is 27.1 Å². The third-order valence-corrected chi connectivity index (χ3v) is 7.39. The standard InChI is InChI=1S/C23H20N2O5.C15H12BrNO/c1-15-8-17(20-10-19(23(26)27)21(12-25-20)30-14-28-2)9-18(11-24)22(15)29-13-16-6-4-3-5-7-16;1-11-7-14(16)8-13(9-17)15(11)18-10-12-5-3-2-4-6-12/h3-10,12H,13-14H2,1-2H3,(H,26,27);2-8H,10H2,1H3. The number of hydrogen-bond donors (Lipinski definition) is 1. The number of carbonyl (C=O) groups is 1. The van der Waals surface area contributed by atoms with Crippen molar-refractivity contribution in [2.24, 2.45) is 0 Å². The molecular formula is C38H32BrN3O6. The van der Waals surface area contributed by atoms with E-state index in [1.165, 1.54) is 19.4 Å². The van der Waals surface area contributed by atoms with Crippen LogP contribution < -0.4 is 14.2 Å². The fourth-order valence-electron chi connectivity index (χ4n) is 4.67. The average molecular weight is 707 g/mol. The van der Waals surface area contributed by atoms with Gasteiger partial charge in [0.25, 0.3) is 0 Å². The molecule has 0 aliphatic carbocycles. The van der Waals surface area contributed by atoms with E-state index in [1.807, 2.05) is 86.6 Å². The molecule has 5 rings (SSSR count). The first-order valence-corrected chi connectivity index (χ1v) is 15.5. The topological polar surface area (TPSA) is 135 Å². The van der Waals surface area contributed by atoms with Gasteiger partial charge in [0, 0.05) is 17.1 Å². The summed E-state index contributed by atoms with van der Waals surface area (Å²) in [5.74, 6) is 0.103. The van der Waals surface area contributed by atoms with E-state index in [1.54, 1.807) is 12.1 Å². The van der Waals surface area contributed by atoms with Gasteiger partial charge in [-0.2, -0.15) is 10.5 Å². The number of pyridine rings is 1. The van der Waals surface area contributed by atoms with Gasteiger partial charge in [-0.1, -0.05) is 76.6 Å². The van der Waals surface area contributed by atoms with Crippen LogP contribution in [0, 0.1) is 36.5 Å². The number of carboxylic acid groups (broad SMARTS) is 1. The lowest BCUT2D eigenvalue weighted by Gasteiger charge is -2.14. The predicted molar refractivity (Wildman–Crippen MR) is 184 cm³/mol. The Labute approximate surface area is 287 Å². The van der Waals surface area contributed by atoms with E-state index in [0.29, 0.717) is 47.1 Å². The molecule has 10 heteroatoms. The van der Waals surface area contributed by atoms with Crippen LogP contribution in [0.25, 0.3) is 11.3 Å². The van der Waals surface area contributed by atoms with E-state index < -0.39 is 5.97 Å². The Morgan fingerprint density at radius 1 is 0.792 bits per heavy atom. The van der Waals surface area contributed by atoms with E-state index in [2.05, 4.69) is 33.1 Å². The van der Waals surface area contributed by atoms with Crippen molar-refractivity contribution < 1.29 is 28.8 Å². The number of nitrogens with zero attached hydrogens (tertiary/aromatic N) is 3. The normalized spacial score (nSPS) is 10.1. The maximum atomic E-state index is 11.6. The summed E-state index contributed by atoms with van der Waals surface area (Å²) in [4.78, 5) is 15.9. The first-order valence-electron chi connectivity index (χ1n) is 14.7. The van der Waals surface area contributed by atoms with Crippen molar-refractivity contribution in [1.82, 2.24) is 4.98 Å². The number of rotatable bonds is 11. The molecule has 5 aromatic rings. The first kappa shape index (κ1) is 35.2. The lowest BCUT2D eigenvalue weighted by atomic mass is 10.0. The highest BCUT2D eigenvalue weighted by atomic mass is 79.9. The van der Waals surface area contributed by atoms with Crippen molar-refractivity contribution in [3.63, 3.8) is 0 Å². The van der Waals surface area contributed by atoms with Crippen molar-refractivity contribution >= 4 is 21.9 Å². The third kappa shape index (κ3) is 9.43. The van der Waals surface area contributed by atoms with Gasteiger partial charge < -0.3 is 24.1 Å². The summed E-state index contributed by atoms with van der Waals surface area (Å²) < 4.78 is 22.6. The number of methoxy groups -OCH3 is 1. The molecule has 1 aromatic heterocycles. The van der Waals surface area contributed by atoms with Gasteiger partial charge in [-0.05, 0) is 66.4 Å². The Bertz CT molecular complexity index is 1950. The molecule has 0 aliphatic rings. The second-order valence-electron chi connectivity index (χ2n) is 10.5. The second kappa shape index (κ2) is 17.3. The monoisotopic (exact) mass is 705 g/mol. The molecule has 0 aliphatic heterocycles. The second-order valence-corrected chi connectivity index (χ2v) is 11.4. The molecule has 0 spiro atoms. The Kier molecular flexibility index (Phi) is 12.7. The van der Waals surface area contributed by atoms with Crippen molar-refractivity contribution in [2.75, 3.05) is 13.9 Å². The molecule has 0 fully saturated rings. The smallest absolute Gasteiger partial charge is 0.339 e. The van der Waals surface area contributed by atoms with Crippen LogP contribution in [0.15, 0.2) is 102 Å². The zero-order valence-corrected chi connectivity index (χ0v) is 28.2. The van der Waals surface area contributed by atoms with Crippen LogP contribution in [0.2, 0.25) is 0 Å². The van der Waals surface area contributed by atoms with Crippen LogP contribution in [-0.2, 0) is 18.0 Å². The first-order chi connectivity index (χ1) is 23.2. The van der Waals surface area contributed by atoms with Gasteiger partial charge in [0.1, 0.15) is 42.4 Å². The number of aromatic nitrogens is 1. The number of aromatic carboxylic acids is 1. The number of halogens is 1.